The van der Waals surface area contributed by atoms with Gasteiger partial charge in [0.15, 0.2) is 11.6 Å². The summed E-state index contributed by atoms with van der Waals surface area (Å²) in [5.41, 5.74) is 4.63. The predicted molar refractivity (Wildman–Crippen MR) is 106 cm³/mol. The Bertz CT molecular complexity index is 960. The zero-order chi connectivity index (χ0) is 19.7. The quantitative estimate of drug-likeness (QED) is 0.650. The molecule has 4 nitrogen and oxygen atoms in total. The van der Waals surface area contributed by atoms with Crippen molar-refractivity contribution in [2.45, 2.75) is 19.8 Å². The van der Waals surface area contributed by atoms with E-state index in [1.807, 2.05) is 6.20 Å². The topological polar surface area (TPSA) is 30.3 Å². The lowest BCUT2D eigenvalue weighted by molar-refractivity contribution is 0.122. The minimum absolute atomic E-state index is 0.195. The van der Waals surface area contributed by atoms with Gasteiger partial charge in [0.2, 0.25) is 0 Å². The molecule has 0 bridgehead atoms. The standard InChI is InChI=1S/C22H23F2N3O/c1-15(2)22-19(14-27(25-22)18-7-8-20(23)21(24)13-18)16-3-5-17(6-4-16)26-9-11-28-12-10-26/h3-8,13-15H,9-12H2,1-2H3. The predicted octanol–water partition coefficient (Wildman–Crippen LogP) is 4.78. The van der Waals surface area contributed by atoms with E-state index < -0.39 is 11.6 Å². The number of halogens is 2. The molecule has 0 radical (unpaired) electrons. The number of aromatic nitrogens is 2. The highest BCUT2D eigenvalue weighted by Gasteiger charge is 2.17. The Labute approximate surface area is 163 Å². The molecule has 0 amide bonds. The molecule has 1 fully saturated rings. The van der Waals surface area contributed by atoms with Crippen LogP contribution in [0.4, 0.5) is 14.5 Å². The minimum atomic E-state index is -0.879. The highest BCUT2D eigenvalue weighted by Crippen LogP contribution is 2.31. The summed E-state index contributed by atoms with van der Waals surface area (Å²) >= 11 is 0. The second-order valence-corrected chi connectivity index (χ2v) is 7.27. The van der Waals surface area contributed by atoms with Crippen molar-refractivity contribution in [1.29, 1.82) is 0 Å². The third-order valence-electron chi connectivity index (χ3n) is 5.01. The fourth-order valence-corrected chi connectivity index (χ4v) is 3.47. The molecule has 0 N–H and O–H groups in total. The van der Waals surface area contributed by atoms with Crippen LogP contribution < -0.4 is 4.90 Å². The maximum atomic E-state index is 13.6. The molecule has 1 aliphatic heterocycles. The lowest BCUT2D eigenvalue weighted by Gasteiger charge is -2.28. The van der Waals surface area contributed by atoms with Crippen LogP contribution in [0, 0.1) is 11.6 Å². The van der Waals surface area contributed by atoms with Gasteiger partial charge in [-0.1, -0.05) is 26.0 Å². The number of rotatable bonds is 4. The fourth-order valence-electron chi connectivity index (χ4n) is 3.47. The maximum Gasteiger partial charge on any atom is 0.160 e. The Balaban J connectivity index is 1.68. The third-order valence-corrected chi connectivity index (χ3v) is 5.01. The number of ether oxygens (including phenoxy) is 1. The molecule has 0 aliphatic carbocycles. The third kappa shape index (κ3) is 3.64. The van der Waals surface area contributed by atoms with Crippen molar-refractivity contribution in [3.8, 4) is 16.8 Å². The summed E-state index contributed by atoms with van der Waals surface area (Å²) in [5.74, 6) is -1.55. The molecule has 4 rings (SSSR count). The van der Waals surface area contributed by atoms with Crippen LogP contribution in [0.2, 0.25) is 0 Å². The minimum Gasteiger partial charge on any atom is -0.378 e. The van der Waals surface area contributed by atoms with E-state index in [4.69, 9.17) is 4.74 Å². The van der Waals surface area contributed by atoms with Gasteiger partial charge in [0, 0.05) is 36.6 Å². The van der Waals surface area contributed by atoms with Crippen molar-refractivity contribution >= 4 is 5.69 Å². The molecule has 146 valence electrons. The van der Waals surface area contributed by atoms with E-state index in [1.54, 1.807) is 4.68 Å². The second-order valence-electron chi connectivity index (χ2n) is 7.27. The van der Waals surface area contributed by atoms with Crippen LogP contribution >= 0.6 is 0 Å². The highest BCUT2D eigenvalue weighted by molar-refractivity contribution is 5.69. The van der Waals surface area contributed by atoms with Crippen molar-refractivity contribution in [2.75, 3.05) is 31.2 Å². The molecule has 0 spiro atoms. The van der Waals surface area contributed by atoms with Crippen molar-refractivity contribution < 1.29 is 13.5 Å². The number of hydrogen-bond acceptors (Lipinski definition) is 3. The van der Waals surface area contributed by atoms with Crippen molar-refractivity contribution in [2.24, 2.45) is 0 Å². The van der Waals surface area contributed by atoms with Gasteiger partial charge in [-0.15, -0.1) is 0 Å². The smallest absolute Gasteiger partial charge is 0.160 e. The Morgan fingerprint density at radius 1 is 0.929 bits per heavy atom. The summed E-state index contributed by atoms with van der Waals surface area (Å²) in [6.45, 7) is 7.43. The first-order valence-electron chi connectivity index (χ1n) is 9.51. The Hall–Kier alpha value is -2.73. The fraction of sp³-hybridized carbons (Fsp3) is 0.318. The first kappa shape index (κ1) is 18.6. The van der Waals surface area contributed by atoms with Gasteiger partial charge < -0.3 is 9.64 Å². The molecule has 3 aromatic rings. The largest absolute Gasteiger partial charge is 0.378 e. The Morgan fingerprint density at radius 3 is 2.25 bits per heavy atom. The maximum absolute atomic E-state index is 13.6. The molecule has 1 saturated heterocycles. The van der Waals surface area contributed by atoms with Gasteiger partial charge in [-0.3, -0.25) is 0 Å². The molecule has 2 aromatic carbocycles. The van der Waals surface area contributed by atoms with Gasteiger partial charge in [-0.2, -0.15) is 5.10 Å². The van der Waals surface area contributed by atoms with Crippen LogP contribution in [0.5, 0.6) is 0 Å². The average molecular weight is 383 g/mol. The Kier molecular flexibility index (Phi) is 5.13. The molecule has 1 aromatic heterocycles. The first-order valence-corrected chi connectivity index (χ1v) is 9.51. The van der Waals surface area contributed by atoms with Gasteiger partial charge in [-0.05, 0) is 35.7 Å². The van der Waals surface area contributed by atoms with Crippen LogP contribution in [0.3, 0.4) is 0 Å². The molecule has 2 heterocycles. The van der Waals surface area contributed by atoms with E-state index >= 15 is 0 Å². The van der Waals surface area contributed by atoms with Crippen LogP contribution in [0.1, 0.15) is 25.5 Å². The van der Waals surface area contributed by atoms with E-state index in [2.05, 4.69) is 48.1 Å². The van der Waals surface area contributed by atoms with Gasteiger partial charge in [0.05, 0.1) is 24.6 Å². The van der Waals surface area contributed by atoms with E-state index in [1.165, 1.54) is 11.8 Å². The van der Waals surface area contributed by atoms with Gasteiger partial charge >= 0.3 is 0 Å². The average Bonchev–Trinajstić information content (AvgIpc) is 3.17. The van der Waals surface area contributed by atoms with Crippen molar-refractivity contribution in [3.05, 3.63) is 66.0 Å². The van der Waals surface area contributed by atoms with E-state index in [-0.39, 0.29) is 5.92 Å². The van der Waals surface area contributed by atoms with Crippen LogP contribution in [-0.2, 0) is 4.74 Å². The molecule has 0 saturated carbocycles. The van der Waals surface area contributed by atoms with Crippen LogP contribution in [0.15, 0.2) is 48.7 Å². The SMILES string of the molecule is CC(C)c1nn(-c2ccc(F)c(F)c2)cc1-c1ccc(N2CCOCC2)cc1. The van der Waals surface area contributed by atoms with Gasteiger partial charge in [0.25, 0.3) is 0 Å². The monoisotopic (exact) mass is 383 g/mol. The van der Waals surface area contributed by atoms with Crippen molar-refractivity contribution in [3.63, 3.8) is 0 Å². The summed E-state index contributed by atoms with van der Waals surface area (Å²) in [4.78, 5) is 2.31. The summed E-state index contributed by atoms with van der Waals surface area (Å²) < 4.78 is 33.9. The summed E-state index contributed by atoms with van der Waals surface area (Å²) in [7, 11) is 0. The normalized spacial score (nSPS) is 14.7. The molecule has 0 atom stereocenters. The number of hydrogen-bond donors (Lipinski definition) is 0. The van der Waals surface area contributed by atoms with E-state index in [0.717, 1.165) is 55.3 Å². The molecule has 0 unspecified atom stereocenters. The van der Waals surface area contributed by atoms with Crippen LogP contribution in [-0.4, -0.2) is 36.1 Å². The molecular formula is C22H23F2N3O. The highest BCUT2D eigenvalue weighted by atomic mass is 19.2. The molecule has 6 heteroatoms. The van der Waals surface area contributed by atoms with E-state index in [9.17, 15) is 8.78 Å². The molecule has 1 aliphatic rings. The molecule has 28 heavy (non-hydrogen) atoms. The number of nitrogens with zero attached hydrogens (tertiary/aromatic N) is 3. The van der Waals surface area contributed by atoms with Gasteiger partial charge in [0.1, 0.15) is 0 Å². The number of anilines is 1. The molecular weight excluding hydrogens is 360 g/mol. The van der Waals surface area contributed by atoms with E-state index in [0.29, 0.717) is 5.69 Å². The second kappa shape index (κ2) is 7.72. The zero-order valence-corrected chi connectivity index (χ0v) is 16.0. The van der Waals surface area contributed by atoms with Crippen molar-refractivity contribution in [1.82, 2.24) is 9.78 Å². The first-order chi connectivity index (χ1) is 13.5. The Morgan fingerprint density at radius 2 is 1.61 bits per heavy atom. The summed E-state index contributed by atoms with van der Waals surface area (Å²) in [6, 6.07) is 12.2. The number of morpholine rings is 1. The zero-order valence-electron chi connectivity index (χ0n) is 16.0. The lowest BCUT2D eigenvalue weighted by atomic mass is 10.00. The van der Waals surface area contributed by atoms with Gasteiger partial charge in [-0.25, -0.2) is 13.5 Å². The number of benzene rings is 2. The summed E-state index contributed by atoms with van der Waals surface area (Å²) in [6.07, 6.45) is 1.88. The lowest BCUT2D eigenvalue weighted by Crippen LogP contribution is -2.36. The summed E-state index contributed by atoms with van der Waals surface area (Å²) in [5, 5.41) is 4.64. The van der Waals surface area contributed by atoms with Crippen LogP contribution in [0.25, 0.3) is 16.8 Å².